The molecule has 0 unspecified atom stereocenters. The van der Waals surface area contributed by atoms with Gasteiger partial charge < -0.3 is 15.5 Å². The molecule has 0 heterocycles. The fraction of sp³-hybridized carbons (Fsp3) is 0. The molecule has 0 atom stereocenters. The topological polar surface area (TPSA) is 86.6 Å². The third-order valence-corrected chi connectivity index (χ3v) is 4.34. The van der Waals surface area contributed by atoms with Crippen LogP contribution < -0.4 is 5.32 Å². The van der Waals surface area contributed by atoms with Gasteiger partial charge in [-0.15, -0.1) is 0 Å². The van der Waals surface area contributed by atoms with Crippen LogP contribution in [0.25, 0.3) is 17.2 Å². The van der Waals surface area contributed by atoms with Crippen LogP contribution in [0.1, 0.15) is 15.9 Å². The van der Waals surface area contributed by atoms with Crippen molar-refractivity contribution in [1.82, 2.24) is 5.32 Å². The fourth-order valence-corrected chi connectivity index (χ4v) is 2.88. The van der Waals surface area contributed by atoms with Crippen LogP contribution in [-0.2, 0) is 4.79 Å². The van der Waals surface area contributed by atoms with Gasteiger partial charge in [-0.2, -0.15) is 0 Å². The molecule has 0 fully saturated rings. The molecule has 0 aliphatic carbocycles. The zero-order valence-electron chi connectivity index (χ0n) is 14.6. The third-order valence-electron chi connectivity index (χ3n) is 4.01. The maximum Gasteiger partial charge on any atom is 0.352 e. The monoisotopic (exact) mass is 393 g/mol. The molecule has 0 aliphatic rings. The van der Waals surface area contributed by atoms with Crippen LogP contribution in [0.5, 0.6) is 5.75 Å². The zero-order chi connectivity index (χ0) is 20.1. The molecule has 140 valence electrons. The highest BCUT2D eigenvalue weighted by molar-refractivity contribution is 6.33. The summed E-state index contributed by atoms with van der Waals surface area (Å²) in [7, 11) is 0. The number of hydrogen-bond donors (Lipinski definition) is 3. The van der Waals surface area contributed by atoms with Crippen molar-refractivity contribution >= 4 is 29.6 Å². The van der Waals surface area contributed by atoms with Crippen molar-refractivity contribution in [3.8, 4) is 16.9 Å². The van der Waals surface area contributed by atoms with Gasteiger partial charge in [0.2, 0.25) is 0 Å². The number of carbonyl (C=O) groups is 2. The van der Waals surface area contributed by atoms with Crippen molar-refractivity contribution in [2.24, 2.45) is 0 Å². The summed E-state index contributed by atoms with van der Waals surface area (Å²) in [5.41, 5.74) is 1.61. The number of rotatable bonds is 5. The molecule has 0 aromatic heterocycles. The Hall–Kier alpha value is -3.57. The molecule has 3 aromatic carbocycles. The first-order valence-electron chi connectivity index (χ1n) is 8.35. The van der Waals surface area contributed by atoms with Gasteiger partial charge in [-0.1, -0.05) is 54.1 Å². The number of nitrogens with one attached hydrogen (secondary N) is 1. The molecule has 28 heavy (non-hydrogen) atoms. The summed E-state index contributed by atoms with van der Waals surface area (Å²) in [6, 6.07) is 19.9. The Bertz CT molecular complexity index is 1060. The van der Waals surface area contributed by atoms with Crippen molar-refractivity contribution < 1.29 is 19.8 Å². The second-order valence-electron chi connectivity index (χ2n) is 5.94. The minimum atomic E-state index is -1.28. The average Bonchev–Trinajstić information content (AvgIpc) is 2.70. The normalized spacial score (nSPS) is 11.1. The van der Waals surface area contributed by atoms with E-state index in [1.165, 1.54) is 12.1 Å². The van der Waals surface area contributed by atoms with Crippen LogP contribution in [0.4, 0.5) is 0 Å². The van der Waals surface area contributed by atoms with Gasteiger partial charge in [-0.05, 0) is 42.0 Å². The number of hydrogen-bond acceptors (Lipinski definition) is 3. The first kappa shape index (κ1) is 19.2. The van der Waals surface area contributed by atoms with Crippen molar-refractivity contribution in [3.05, 3.63) is 94.6 Å². The van der Waals surface area contributed by atoms with Crippen LogP contribution >= 0.6 is 11.6 Å². The number of carboxylic acids is 1. The molecule has 5 nitrogen and oxygen atoms in total. The van der Waals surface area contributed by atoms with E-state index in [0.717, 1.165) is 0 Å². The molecule has 3 N–H and O–H groups in total. The van der Waals surface area contributed by atoms with E-state index in [2.05, 4.69) is 5.32 Å². The molecular weight excluding hydrogens is 378 g/mol. The highest BCUT2D eigenvalue weighted by Gasteiger charge is 2.14. The standard InChI is InChI=1S/C22H16ClNO4/c23-18-9-5-4-8-16(18)17-12-14(10-11-20(17)25)13-19(22(27)28)24-21(26)15-6-2-1-3-7-15/h1-13,25H,(H,24,26)(H,27,28)/b19-13+. The Morgan fingerprint density at radius 2 is 1.57 bits per heavy atom. The largest absolute Gasteiger partial charge is 0.507 e. The number of benzene rings is 3. The Morgan fingerprint density at radius 1 is 0.893 bits per heavy atom. The first-order valence-corrected chi connectivity index (χ1v) is 8.73. The van der Waals surface area contributed by atoms with Gasteiger partial charge in [-0.25, -0.2) is 4.79 Å². The highest BCUT2D eigenvalue weighted by atomic mass is 35.5. The molecule has 0 saturated carbocycles. The third kappa shape index (κ3) is 4.39. The highest BCUT2D eigenvalue weighted by Crippen LogP contribution is 2.35. The second kappa shape index (κ2) is 8.41. The molecule has 3 aromatic rings. The fourth-order valence-electron chi connectivity index (χ4n) is 2.64. The summed E-state index contributed by atoms with van der Waals surface area (Å²) in [6.45, 7) is 0. The number of carbonyl (C=O) groups excluding carboxylic acids is 1. The number of halogens is 1. The van der Waals surface area contributed by atoms with Gasteiger partial charge in [0.1, 0.15) is 11.4 Å². The van der Waals surface area contributed by atoms with Crippen LogP contribution in [0.2, 0.25) is 5.02 Å². The van der Waals surface area contributed by atoms with E-state index < -0.39 is 11.9 Å². The van der Waals surface area contributed by atoms with Crippen molar-refractivity contribution in [1.29, 1.82) is 0 Å². The zero-order valence-corrected chi connectivity index (χ0v) is 15.4. The van der Waals surface area contributed by atoms with Gasteiger partial charge in [0.25, 0.3) is 5.91 Å². The number of amides is 1. The Balaban J connectivity index is 1.96. The number of phenols is 1. The number of carboxylic acid groups (broad SMARTS) is 1. The minimum absolute atomic E-state index is 0.00967. The predicted octanol–water partition coefficient (Wildman–Crippen LogP) is 4.57. The lowest BCUT2D eigenvalue weighted by Gasteiger charge is -2.10. The smallest absolute Gasteiger partial charge is 0.352 e. The lowest BCUT2D eigenvalue weighted by Crippen LogP contribution is -2.27. The summed E-state index contributed by atoms with van der Waals surface area (Å²) in [6.07, 6.45) is 1.32. The van der Waals surface area contributed by atoms with E-state index in [0.29, 0.717) is 27.3 Å². The van der Waals surface area contributed by atoms with Crippen molar-refractivity contribution in [3.63, 3.8) is 0 Å². The van der Waals surface area contributed by atoms with Gasteiger partial charge in [0.15, 0.2) is 0 Å². The lowest BCUT2D eigenvalue weighted by molar-refractivity contribution is -0.132. The molecule has 6 heteroatoms. The Kier molecular flexibility index (Phi) is 5.77. The SMILES string of the molecule is O=C(O)/C(=C\c1ccc(O)c(-c2ccccc2Cl)c1)NC(=O)c1ccccc1. The molecule has 0 aliphatic heterocycles. The Morgan fingerprint density at radius 3 is 2.25 bits per heavy atom. The van der Waals surface area contributed by atoms with Crippen molar-refractivity contribution in [2.45, 2.75) is 0 Å². The number of phenolic OH excluding ortho intramolecular Hbond substituents is 1. The summed E-state index contributed by atoms with van der Waals surface area (Å²) < 4.78 is 0. The van der Waals surface area contributed by atoms with E-state index in [4.69, 9.17) is 11.6 Å². The summed E-state index contributed by atoms with van der Waals surface area (Å²) in [4.78, 5) is 23.9. The average molecular weight is 394 g/mol. The van der Waals surface area contributed by atoms with Crippen LogP contribution in [-0.4, -0.2) is 22.1 Å². The van der Waals surface area contributed by atoms with Crippen LogP contribution in [0.15, 0.2) is 78.5 Å². The summed E-state index contributed by atoms with van der Waals surface area (Å²) in [5, 5.41) is 22.5. The molecule has 0 saturated heterocycles. The minimum Gasteiger partial charge on any atom is -0.507 e. The van der Waals surface area contributed by atoms with E-state index in [-0.39, 0.29) is 11.4 Å². The Labute approximate surface area is 166 Å². The predicted molar refractivity (Wildman–Crippen MR) is 108 cm³/mol. The summed E-state index contributed by atoms with van der Waals surface area (Å²) >= 11 is 6.20. The first-order chi connectivity index (χ1) is 13.5. The van der Waals surface area contributed by atoms with Crippen LogP contribution in [0, 0.1) is 0 Å². The van der Waals surface area contributed by atoms with E-state index in [1.54, 1.807) is 66.7 Å². The quantitative estimate of drug-likeness (QED) is 0.554. The van der Waals surface area contributed by atoms with E-state index in [9.17, 15) is 19.8 Å². The van der Waals surface area contributed by atoms with Gasteiger partial charge in [0, 0.05) is 21.7 Å². The lowest BCUT2D eigenvalue weighted by atomic mass is 10.0. The van der Waals surface area contributed by atoms with E-state index >= 15 is 0 Å². The molecule has 3 rings (SSSR count). The molecule has 0 radical (unpaired) electrons. The van der Waals surface area contributed by atoms with Gasteiger partial charge in [-0.3, -0.25) is 4.79 Å². The molecule has 0 bridgehead atoms. The molecule has 0 spiro atoms. The molecular formula is C22H16ClNO4. The van der Waals surface area contributed by atoms with E-state index in [1.807, 2.05) is 0 Å². The van der Waals surface area contributed by atoms with Crippen LogP contribution in [0.3, 0.4) is 0 Å². The maximum atomic E-state index is 12.3. The number of aromatic hydroxyl groups is 1. The maximum absolute atomic E-state index is 12.3. The van der Waals surface area contributed by atoms with Gasteiger partial charge in [0.05, 0.1) is 0 Å². The molecule has 1 amide bonds. The van der Waals surface area contributed by atoms with Crippen molar-refractivity contribution in [2.75, 3.05) is 0 Å². The second-order valence-corrected chi connectivity index (χ2v) is 6.35. The van der Waals surface area contributed by atoms with Gasteiger partial charge >= 0.3 is 5.97 Å². The number of aliphatic carboxylic acids is 1. The summed E-state index contributed by atoms with van der Waals surface area (Å²) in [5.74, 6) is -1.80.